The number of phenols is 1. The first-order chi connectivity index (χ1) is 11.8. The van der Waals surface area contributed by atoms with Gasteiger partial charge in [-0.2, -0.15) is 0 Å². The van der Waals surface area contributed by atoms with Gasteiger partial charge >= 0.3 is 0 Å². The van der Waals surface area contributed by atoms with Crippen LogP contribution in [0, 0.1) is 0 Å². The van der Waals surface area contributed by atoms with Crippen molar-refractivity contribution in [1.82, 2.24) is 0 Å². The number of phenolic OH excluding ortho intramolecular Hbond substituents is 1. The molecule has 0 saturated carbocycles. The molecule has 0 spiro atoms. The second-order valence-electron chi connectivity index (χ2n) is 5.32. The van der Waals surface area contributed by atoms with Crippen LogP contribution in [0.2, 0.25) is 0 Å². The van der Waals surface area contributed by atoms with E-state index >= 15 is 0 Å². The van der Waals surface area contributed by atoms with Crippen LogP contribution in [0.3, 0.4) is 0 Å². The zero-order valence-corrected chi connectivity index (χ0v) is 15.1. The Morgan fingerprint density at radius 1 is 0.958 bits per heavy atom. The maximum Gasteiger partial charge on any atom is 0.123 e. The Kier molecular flexibility index (Phi) is 5.97. The SMILES string of the molecule is Oc1cccc2c(SCC(COc3ccccc3)OP)cccc12.[3HH]. The van der Waals surface area contributed by atoms with Gasteiger partial charge in [-0.05, 0) is 29.7 Å². The molecule has 3 rings (SSSR count). The molecule has 126 valence electrons. The number of fused-ring (bicyclic) bond motifs is 1. The first-order valence-electron chi connectivity index (χ1n) is 7.65. The van der Waals surface area contributed by atoms with Crippen LogP contribution in [0.1, 0.15) is 1.43 Å². The minimum Gasteiger partial charge on any atom is -0.507 e. The van der Waals surface area contributed by atoms with Gasteiger partial charge in [0.2, 0.25) is 0 Å². The zero-order valence-electron chi connectivity index (χ0n) is 13.1. The van der Waals surface area contributed by atoms with Gasteiger partial charge in [0.05, 0.1) is 0 Å². The number of ether oxygens (including phenoxy) is 1. The average Bonchev–Trinajstić information content (AvgIpc) is 2.63. The highest BCUT2D eigenvalue weighted by Crippen LogP contribution is 2.33. The summed E-state index contributed by atoms with van der Waals surface area (Å²) in [6.07, 6.45) is -0.0484. The highest BCUT2D eigenvalue weighted by molar-refractivity contribution is 7.99. The highest BCUT2D eigenvalue weighted by atomic mass is 32.2. The number of hydrogen-bond acceptors (Lipinski definition) is 4. The third-order valence-corrected chi connectivity index (χ3v) is 5.25. The normalized spacial score (nSPS) is 12.2. The summed E-state index contributed by atoms with van der Waals surface area (Å²) in [5, 5.41) is 11.9. The molecule has 0 aromatic heterocycles. The molecule has 0 aliphatic heterocycles. The molecule has 0 radical (unpaired) electrons. The van der Waals surface area contributed by atoms with Crippen molar-refractivity contribution in [2.24, 2.45) is 0 Å². The molecule has 3 aromatic carbocycles. The molecule has 0 saturated heterocycles. The molecule has 2 atom stereocenters. The van der Waals surface area contributed by atoms with Gasteiger partial charge in [0.25, 0.3) is 0 Å². The third-order valence-electron chi connectivity index (χ3n) is 3.66. The van der Waals surface area contributed by atoms with Crippen LogP contribution in [0.4, 0.5) is 0 Å². The van der Waals surface area contributed by atoms with E-state index in [9.17, 15) is 5.11 Å². The van der Waals surface area contributed by atoms with Gasteiger partial charge in [0.1, 0.15) is 24.2 Å². The van der Waals surface area contributed by atoms with Gasteiger partial charge in [-0.3, -0.25) is 0 Å². The quantitative estimate of drug-likeness (QED) is 0.467. The Bertz CT molecular complexity index is 801. The lowest BCUT2D eigenvalue weighted by molar-refractivity contribution is 0.168. The van der Waals surface area contributed by atoms with Crippen LogP contribution in [-0.4, -0.2) is 23.6 Å². The van der Waals surface area contributed by atoms with Crippen molar-refractivity contribution in [1.29, 1.82) is 0 Å². The summed E-state index contributed by atoms with van der Waals surface area (Å²) in [6, 6.07) is 21.3. The van der Waals surface area contributed by atoms with E-state index in [1.165, 1.54) is 0 Å². The maximum atomic E-state index is 9.97. The molecule has 3 nitrogen and oxygen atoms in total. The zero-order chi connectivity index (χ0) is 16.8. The van der Waals surface area contributed by atoms with E-state index in [1.807, 2.05) is 54.6 Å². The lowest BCUT2D eigenvalue weighted by Gasteiger charge is -2.16. The molecule has 0 fully saturated rings. The summed E-state index contributed by atoms with van der Waals surface area (Å²) in [4.78, 5) is 1.12. The molecule has 0 bridgehead atoms. The van der Waals surface area contributed by atoms with Crippen LogP contribution < -0.4 is 4.74 Å². The Labute approximate surface area is 149 Å². The molecule has 0 aliphatic rings. The highest BCUT2D eigenvalue weighted by Gasteiger charge is 2.11. The van der Waals surface area contributed by atoms with Crippen molar-refractivity contribution < 1.29 is 15.8 Å². The van der Waals surface area contributed by atoms with E-state index in [2.05, 4.69) is 15.5 Å². The predicted molar refractivity (Wildman–Crippen MR) is 105 cm³/mol. The fraction of sp³-hybridized carbons (Fsp3) is 0.158. The first-order valence-corrected chi connectivity index (χ1v) is 9.10. The first kappa shape index (κ1) is 17.1. The molecule has 0 aliphatic carbocycles. The standard InChI is InChI=1S/C19H19O3PS.H2/c20-18-10-4-9-17-16(18)8-5-11-19(17)24-13-15(22-23)12-21-14-6-2-1-3-7-14;/h1-11,15,20H,12-13,23H2;1H/i;1+2. The van der Waals surface area contributed by atoms with Crippen LogP contribution >= 0.6 is 21.2 Å². The molecule has 2 unspecified atom stereocenters. The summed E-state index contributed by atoms with van der Waals surface area (Å²) >= 11 is 1.70. The lowest BCUT2D eigenvalue weighted by atomic mass is 10.1. The van der Waals surface area contributed by atoms with E-state index in [4.69, 9.17) is 9.26 Å². The topological polar surface area (TPSA) is 38.7 Å². The smallest absolute Gasteiger partial charge is 0.123 e. The van der Waals surface area contributed by atoms with E-state index < -0.39 is 0 Å². The van der Waals surface area contributed by atoms with Crippen molar-refractivity contribution in [2.45, 2.75) is 11.0 Å². The number of aromatic hydroxyl groups is 1. The number of thioether (sulfide) groups is 1. The Morgan fingerprint density at radius 3 is 2.50 bits per heavy atom. The molecule has 5 heteroatoms. The largest absolute Gasteiger partial charge is 0.507 e. The fourth-order valence-corrected chi connectivity index (χ4v) is 3.77. The van der Waals surface area contributed by atoms with Crippen molar-refractivity contribution in [3.05, 3.63) is 66.7 Å². The number of hydrogen-bond donors (Lipinski definition) is 1. The van der Waals surface area contributed by atoms with Gasteiger partial charge < -0.3 is 14.4 Å². The van der Waals surface area contributed by atoms with Crippen LogP contribution in [-0.2, 0) is 4.52 Å². The Hall–Kier alpha value is -1.74. The van der Waals surface area contributed by atoms with E-state index in [0.29, 0.717) is 12.4 Å². The van der Waals surface area contributed by atoms with Crippen molar-refractivity contribution in [3.8, 4) is 11.5 Å². The summed E-state index contributed by atoms with van der Waals surface area (Å²) in [6.45, 7) is 0.483. The van der Waals surface area contributed by atoms with Crippen LogP contribution in [0.25, 0.3) is 10.8 Å². The molecule has 24 heavy (non-hydrogen) atoms. The monoisotopic (exact) mass is 362 g/mol. The summed E-state index contributed by atoms with van der Waals surface area (Å²) < 4.78 is 11.2. The van der Waals surface area contributed by atoms with Crippen molar-refractivity contribution >= 4 is 32.0 Å². The number of rotatable bonds is 7. The van der Waals surface area contributed by atoms with Crippen LogP contribution in [0.5, 0.6) is 11.5 Å². The molecular weight excluding hydrogens is 339 g/mol. The predicted octanol–water partition coefficient (Wildman–Crippen LogP) is 5.14. The van der Waals surface area contributed by atoms with Crippen molar-refractivity contribution in [2.75, 3.05) is 12.4 Å². The number of para-hydroxylation sites is 1. The maximum absolute atomic E-state index is 9.97. The van der Waals surface area contributed by atoms with Crippen LogP contribution in [0.15, 0.2) is 71.6 Å². The molecule has 0 amide bonds. The lowest BCUT2D eigenvalue weighted by Crippen LogP contribution is -2.21. The molecule has 1 N–H and O–H groups in total. The minimum absolute atomic E-state index is 0. The van der Waals surface area contributed by atoms with Gasteiger partial charge in [-0.15, -0.1) is 11.8 Å². The van der Waals surface area contributed by atoms with E-state index in [0.717, 1.165) is 27.2 Å². The molecule has 3 aromatic rings. The molecular formula is C19H21O3PS. The summed E-state index contributed by atoms with van der Waals surface area (Å²) in [5.74, 6) is 1.90. The second-order valence-corrected chi connectivity index (χ2v) is 6.66. The fourth-order valence-electron chi connectivity index (χ4n) is 2.41. The van der Waals surface area contributed by atoms with Gasteiger partial charge in [0.15, 0.2) is 0 Å². The Morgan fingerprint density at radius 2 is 1.71 bits per heavy atom. The minimum atomic E-state index is -0.0484. The third kappa shape index (κ3) is 4.21. The summed E-state index contributed by atoms with van der Waals surface area (Å²) in [7, 11) is 2.32. The van der Waals surface area contributed by atoms with Gasteiger partial charge in [-0.25, -0.2) is 0 Å². The molecule has 0 heterocycles. The van der Waals surface area contributed by atoms with Gasteiger partial charge in [0, 0.05) is 26.9 Å². The Balaban J connectivity index is 0.00000225. The summed E-state index contributed by atoms with van der Waals surface area (Å²) in [5.41, 5.74) is 0. The van der Waals surface area contributed by atoms with E-state index in [-0.39, 0.29) is 7.53 Å². The second kappa shape index (κ2) is 8.39. The average molecular weight is 362 g/mol. The number of benzene rings is 3. The van der Waals surface area contributed by atoms with Gasteiger partial charge in [-0.1, -0.05) is 42.5 Å². The van der Waals surface area contributed by atoms with E-state index in [1.54, 1.807) is 17.8 Å². The van der Waals surface area contributed by atoms with Crippen molar-refractivity contribution in [3.63, 3.8) is 0 Å².